The second kappa shape index (κ2) is 11.8. The number of aliphatic hydroxyl groups excluding tert-OH is 1. The van der Waals surface area contributed by atoms with Crippen LogP contribution in [-0.2, 0) is 27.0 Å². The van der Waals surface area contributed by atoms with Gasteiger partial charge >= 0.3 is 5.97 Å². The Morgan fingerprint density at radius 3 is 2.81 bits per heavy atom. The first-order valence-electron chi connectivity index (χ1n) is 15.5. The predicted octanol–water partition coefficient (Wildman–Crippen LogP) is 5.36. The van der Waals surface area contributed by atoms with Gasteiger partial charge < -0.3 is 29.5 Å². The number of anilines is 1. The van der Waals surface area contributed by atoms with Gasteiger partial charge in [0.15, 0.2) is 5.60 Å². The Morgan fingerprint density at radius 2 is 2.05 bits per heavy atom. The van der Waals surface area contributed by atoms with Crippen molar-refractivity contribution in [2.24, 2.45) is 11.8 Å². The number of halogens is 1. The maximum atomic E-state index is 13.2. The molecule has 4 aliphatic rings. The van der Waals surface area contributed by atoms with Crippen molar-refractivity contribution in [1.29, 1.82) is 0 Å². The van der Waals surface area contributed by atoms with E-state index in [2.05, 4.69) is 23.6 Å². The van der Waals surface area contributed by atoms with Crippen LogP contribution in [-0.4, -0.2) is 67.6 Å². The first-order chi connectivity index (χ1) is 20.6. The molecule has 1 saturated carbocycles. The van der Waals surface area contributed by atoms with E-state index >= 15 is 0 Å². The molecule has 0 radical (unpaired) electrons. The lowest BCUT2D eigenvalue weighted by Gasteiger charge is -2.45. The molecule has 230 valence electrons. The lowest BCUT2D eigenvalue weighted by molar-refractivity contribution is -0.163. The van der Waals surface area contributed by atoms with Gasteiger partial charge in [-0.2, -0.15) is 0 Å². The van der Waals surface area contributed by atoms with Crippen LogP contribution >= 0.6 is 11.6 Å². The summed E-state index contributed by atoms with van der Waals surface area (Å²) in [6.45, 7) is 6.83. The van der Waals surface area contributed by atoms with Crippen molar-refractivity contribution in [2.75, 3.05) is 45.3 Å². The van der Waals surface area contributed by atoms with Gasteiger partial charge in [-0.25, -0.2) is 4.79 Å². The minimum Gasteiger partial charge on any atom is -0.490 e. The molecule has 2 bridgehead atoms. The van der Waals surface area contributed by atoms with E-state index in [-0.39, 0.29) is 17.8 Å². The zero-order valence-electron chi connectivity index (χ0n) is 25.2. The van der Waals surface area contributed by atoms with E-state index in [1.165, 1.54) is 18.2 Å². The van der Waals surface area contributed by atoms with E-state index < -0.39 is 17.7 Å². The lowest BCUT2D eigenvalue weighted by atomic mass is 9.68. The van der Waals surface area contributed by atoms with E-state index in [4.69, 9.17) is 21.1 Å². The van der Waals surface area contributed by atoms with E-state index in [0.29, 0.717) is 30.3 Å². The van der Waals surface area contributed by atoms with Crippen molar-refractivity contribution in [2.45, 2.75) is 62.1 Å². The summed E-state index contributed by atoms with van der Waals surface area (Å²) in [5.74, 6) is 0.477. The molecule has 2 aliphatic heterocycles. The van der Waals surface area contributed by atoms with Crippen molar-refractivity contribution in [3.8, 4) is 5.75 Å². The summed E-state index contributed by atoms with van der Waals surface area (Å²) in [6, 6.07) is 11.8. The van der Waals surface area contributed by atoms with Crippen molar-refractivity contribution < 1.29 is 24.5 Å². The van der Waals surface area contributed by atoms with E-state index in [1.807, 2.05) is 42.3 Å². The number of rotatable bonds is 1. The molecular formula is C35H43ClN2O5. The highest BCUT2D eigenvalue weighted by Crippen LogP contribution is 2.47. The SMILES string of the molecule is C=C1C[C@](O)(C(=O)OC)c2ccc3c(c2)N(C[C@@H]2CC[C@H]2[C@@H](O)/C=C/CCN1C)C[C@@]1(CCCc2cc(Cl)ccc21)CO3. The van der Waals surface area contributed by atoms with Gasteiger partial charge in [0, 0.05) is 49.2 Å². The van der Waals surface area contributed by atoms with Crippen LogP contribution in [0.15, 0.2) is 60.8 Å². The van der Waals surface area contributed by atoms with Crippen LogP contribution in [0.2, 0.25) is 5.02 Å². The largest absolute Gasteiger partial charge is 0.490 e. The maximum Gasteiger partial charge on any atom is 0.342 e. The van der Waals surface area contributed by atoms with Crippen molar-refractivity contribution in [3.05, 3.63) is 82.5 Å². The number of esters is 1. The number of carbonyl (C=O) groups excluding carboxylic acids is 1. The molecule has 8 heteroatoms. The summed E-state index contributed by atoms with van der Waals surface area (Å²) >= 11 is 6.42. The smallest absolute Gasteiger partial charge is 0.342 e. The molecule has 7 nitrogen and oxygen atoms in total. The standard InChI is InChI=1S/C35H43ClN2O5/c1-23-19-35(41,33(40)42-3)26-10-14-32-30(18-26)38(20-25-9-12-28(25)31(39)8-4-5-16-37(23)2)21-34(22-43-32)15-6-7-24-17-27(36)11-13-29(24)34/h4,8,10-11,13-14,17-18,25,28,31,39,41H,1,5-7,9,12,15-16,19-22H2,2-3H3/b8-4+/t25-,28+,31-,34-,35+/m0/s1. The van der Waals surface area contributed by atoms with Gasteiger partial charge in [-0.3, -0.25) is 0 Å². The quantitative estimate of drug-likeness (QED) is 0.334. The molecule has 2 N–H and O–H groups in total. The molecule has 2 aromatic carbocycles. The number of carbonyl (C=O) groups is 1. The van der Waals surface area contributed by atoms with Gasteiger partial charge in [0.05, 0.1) is 25.5 Å². The van der Waals surface area contributed by atoms with Crippen LogP contribution in [0, 0.1) is 11.8 Å². The van der Waals surface area contributed by atoms with Crippen LogP contribution in [0.4, 0.5) is 5.69 Å². The number of methoxy groups -OCH3 is 1. The van der Waals surface area contributed by atoms with Crippen LogP contribution in [0.5, 0.6) is 5.75 Å². The number of nitrogens with zero attached hydrogens (tertiary/aromatic N) is 2. The Bertz CT molecular complexity index is 1430. The van der Waals surface area contributed by atoms with E-state index in [9.17, 15) is 15.0 Å². The second-order valence-corrected chi connectivity index (χ2v) is 13.4. The summed E-state index contributed by atoms with van der Waals surface area (Å²) in [6.07, 6.45) is 9.21. The van der Waals surface area contributed by atoms with Gasteiger partial charge in [-0.1, -0.05) is 42.5 Å². The van der Waals surface area contributed by atoms with Gasteiger partial charge in [0.25, 0.3) is 0 Å². The molecule has 0 aromatic heterocycles. The van der Waals surface area contributed by atoms with Crippen LogP contribution in [0.25, 0.3) is 0 Å². The van der Waals surface area contributed by atoms with E-state index in [1.54, 1.807) is 6.07 Å². The molecule has 0 saturated heterocycles. The minimum atomic E-state index is -1.92. The van der Waals surface area contributed by atoms with Crippen LogP contribution < -0.4 is 9.64 Å². The first kappa shape index (κ1) is 30.0. The fraction of sp³-hybridized carbons (Fsp3) is 0.514. The van der Waals surface area contributed by atoms with Gasteiger partial charge in [0.2, 0.25) is 0 Å². The highest BCUT2D eigenvalue weighted by atomic mass is 35.5. The number of hydrogen-bond acceptors (Lipinski definition) is 7. The molecule has 6 rings (SSSR count). The molecule has 5 atom stereocenters. The van der Waals surface area contributed by atoms with Gasteiger partial charge in [0.1, 0.15) is 5.75 Å². The van der Waals surface area contributed by atoms with Crippen LogP contribution in [0.3, 0.4) is 0 Å². The van der Waals surface area contributed by atoms with E-state index in [0.717, 1.165) is 68.1 Å². The summed E-state index contributed by atoms with van der Waals surface area (Å²) in [4.78, 5) is 17.6. The molecule has 2 heterocycles. The molecular weight excluding hydrogens is 564 g/mol. The third-order valence-corrected chi connectivity index (χ3v) is 10.6. The maximum absolute atomic E-state index is 13.2. The Morgan fingerprint density at radius 1 is 1.21 bits per heavy atom. The molecule has 2 aromatic rings. The average molecular weight is 607 g/mol. The first-order valence-corrected chi connectivity index (χ1v) is 15.9. The number of benzene rings is 2. The summed E-state index contributed by atoms with van der Waals surface area (Å²) in [5, 5.41) is 23.9. The number of fused-ring (bicyclic) bond motifs is 4. The number of aryl methyl sites for hydroxylation is 1. The number of aliphatic hydroxyl groups is 2. The summed E-state index contributed by atoms with van der Waals surface area (Å²) in [5.41, 5.74) is 2.31. The summed E-state index contributed by atoms with van der Waals surface area (Å²) in [7, 11) is 3.20. The predicted molar refractivity (Wildman–Crippen MR) is 168 cm³/mol. The van der Waals surface area contributed by atoms with Crippen LogP contribution in [0.1, 0.15) is 55.2 Å². The Labute approximate surface area is 259 Å². The third kappa shape index (κ3) is 5.56. The molecule has 1 fully saturated rings. The molecule has 0 unspecified atom stereocenters. The normalized spacial score (nSPS) is 31.7. The Kier molecular flexibility index (Phi) is 8.26. The summed E-state index contributed by atoms with van der Waals surface area (Å²) < 4.78 is 11.8. The van der Waals surface area contributed by atoms with Gasteiger partial charge in [-0.15, -0.1) is 0 Å². The fourth-order valence-corrected chi connectivity index (χ4v) is 7.82. The zero-order chi connectivity index (χ0) is 30.4. The molecule has 1 spiro atoms. The zero-order valence-corrected chi connectivity index (χ0v) is 26.0. The average Bonchev–Trinajstić information content (AvgIpc) is 3.13. The van der Waals surface area contributed by atoms with Crippen molar-refractivity contribution in [3.63, 3.8) is 0 Å². The minimum absolute atomic E-state index is 0.00900. The van der Waals surface area contributed by atoms with Crippen molar-refractivity contribution in [1.82, 2.24) is 4.90 Å². The second-order valence-electron chi connectivity index (χ2n) is 13.0. The van der Waals surface area contributed by atoms with Crippen molar-refractivity contribution >= 4 is 23.3 Å². The molecule has 0 amide bonds. The molecule has 2 aliphatic carbocycles. The molecule has 43 heavy (non-hydrogen) atoms. The van der Waals surface area contributed by atoms with Gasteiger partial charge in [-0.05, 0) is 91.3 Å². The fourth-order valence-electron chi connectivity index (χ4n) is 7.62. The Hall–Kier alpha value is -3.00. The topological polar surface area (TPSA) is 82.5 Å². The monoisotopic (exact) mass is 606 g/mol. The third-order valence-electron chi connectivity index (χ3n) is 10.4. The highest BCUT2D eigenvalue weighted by molar-refractivity contribution is 6.30. The highest BCUT2D eigenvalue weighted by Gasteiger charge is 2.46. The Balaban J connectivity index is 1.46. The lowest BCUT2D eigenvalue weighted by Crippen LogP contribution is -2.49. The number of hydrogen-bond donors (Lipinski definition) is 2. The number of ether oxygens (including phenoxy) is 2.